The van der Waals surface area contributed by atoms with E-state index in [2.05, 4.69) is 0 Å². The summed E-state index contributed by atoms with van der Waals surface area (Å²) in [5.74, 6) is 3.63. The minimum atomic E-state index is 0.454. The van der Waals surface area contributed by atoms with Gasteiger partial charge in [-0.25, -0.2) is 0 Å². The van der Waals surface area contributed by atoms with Gasteiger partial charge in [0, 0.05) is 12.3 Å². The number of carbonyl (C=O) groups is 1. The van der Waals surface area contributed by atoms with Gasteiger partial charge < -0.3 is 0 Å². The van der Waals surface area contributed by atoms with E-state index in [4.69, 9.17) is 0 Å². The Hall–Kier alpha value is -0.330. The van der Waals surface area contributed by atoms with Crippen molar-refractivity contribution >= 4 is 5.78 Å². The second-order valence-corrected chi connectivity index (χ2v) is 7.69. The van der Waals surface area contributed by atoms with E-state index in [1.807, 2.05) is 0 Å². The Labute approximate surface area is 124 Å². The lowest BCUT2D eigenvalue weighted by atomic mass is 9.61. The molecule has 0 aliphatic heterocycles. The van der Waals surface area contributed by atoms with Crippen LogP contribution in [0.4, 0.5) is 0 Å². The van der Waals surface area contributed by atoms with E-state index < -0.39 is 0 Å². The van der Waals surface area contributed by atoms with Crippen LogP contribution in [-0.2, 0) is 4.79 Å². The molecule has 1 unspecified atom stereocenters. The molecule has 1 nitrogen and oxygen atoms in total. The van der Waals surface area contributed by atoms with Crippen LogP contribution >= 0.6 is 0 Å². The molecule has 0 bridgehead atoms. The topological polar surface area (TPSA) is 17.1 Å². The molecule has 0 aromatic heterocycles. The monoisotopic (exact) mass is 276 g/mol. The maximum atomic E-state index is 12.5. The molecule has 0 aromatic rings. The van der Waals surface area contributed by atoms with Crippen molar-refractivity contribution in [1.29, 1.82) is 0 Å². The zero-order chi connectivity index (χ0) is 13.8. The van der Waals surface area contributed by atoms with Crippen molar-refractivity contribution in [1.82, 2.24) is 0 Å². The molecule has 3 aliphatic carbocycles. The molecule has 114 valence electrons. The van der Waals surface area contributed by atoms with Gasteiger partial charge in [0.15, 0.2) is 0 Å². The number of Topliss-reactive ketones (excluding diaryl/α,β-unsaturated/α-hetero) is 1. The summed E-state index contributed by atoms with van der Waals surface area (Å²) in [6, 6.07) is 0. The van der Waals surface area contributed by atoms with Gasteiger partial charge in [-0.15, -0.1) is 0 Å². The third-order valence-corrected chi connectivity index (χ3v) is 6.45. The lowest BCUT2D eigenvalue weighted by Gasteiger charge is -2.43. The quantitative estimate of drug-likeness (QED) is 0.663. The normalized spacial score (nSPS) is 30.9. The summed E-state index contributed by atoms with van der Waals surface area (Å²) in [7, 11) is 0. The van der Waals surface area contributed by atoms with Crippen molar-refractivity contribution in [3.8, 4) is 0 Å². The van der Waals surface area contributed by atoms with Crippen LogP contribution in [0, 0.1) is 23.7 Å². The highest BCUT2D eigenvalue weighted by atomic mass is 16.1. The van der Waals surface area contributed by atoms with Crippen LogP contribution < -0.4 is 0 Å². The molecule has 0 aromatic carbocycles. The number of hydrogen-bond acceptors (Lipinski definition) is 1. The molecule has 3 fully saturated rings. The zero-order valence-electron chi connectivity index (χ0n) is 13.1. The molecule has 0 heterocycles. The third-order valence-electron chi connectivity index (χ3n) is 6.45. The van der Waals surface area contributed by atoms with Crippen LogP contribution in [0.2, 0.25) is 0 Å². The zero-order valence-corrected chi connectivity index (χ0v) is 13.1. The van der Waals surface area contributed by atoms with Gasteiger partial charge in [-0.1, -0.05) is 70.6 Å². The van der Waals surface area contributed by atoms with E-state index in [1.165, 1.54) is 77.0 Å². The summed E-state index contributed by atoms with van der Waals surface area (Å²) in [4.78, 5) is 12.5. The fourth-order valence-electron chi connectivity index (χ4n) is 5.50. The minimum Gasteiger partial charge on any atom is -0.299 e. The predicted octanol–water partition coefficient (Wildman–Crippen LogP) is 5.52. The molecule has 3 rings (SSSR count). The Kier molecular flexibility index (Phi) is 5.18. The summed E-state index contributed by atoms with van der Waals surface area (Å²) in [6.45, 7) is 0. The van der Waals surface area contributed by atoms with Gasteiger partial charge in [0.05, 0.1) is 0 Å². The largest absolute Gasteiger partial charge is 0.299 e. The van der Waals surface area contributed by atoms with Crippen molar-refractivity contribution in [3.63, 3.8) is 0 Å². The first-order valence-corrected chi connectivity index (χ1v) is 9.39. The van der Waals surface area contributed by atoms with E-state index in [0.29, 0.717) is 11.7 Å². The summed E-state index contributed by atoms with van der Waals surface area (Å²) >= 11 is 0. The van der Waals surface area contributed by atoms with Gasteiger partial charge in [0.2, 0.25) is 0 Å². The first-order valence-electron chi connectivity index (χ1n) is 9.39. The summed E-state index contributed by atoms with van der Waals surface area (Å²) in [5, 5.41) is 0. The highest BCUT2D eigenvalue weighted by Crippen LogP contribution is 2.46. The van der Waals surface area contributed by atoms with Crippen LogP contribution in [0.25, 0.3) is 0 Å². The molecular weight excluding hydrogens is 244 g/mol. The Morgan fingerprint density at radius 1 is 0.650 bits per heavy atom. The Balaban J connectivity index is 1.75. The smallest absolute Gasteiger partial charge is 0.136 e. The molecule has 3 aliphatic rings. The first kappa shape index (κ1) is 14.6. The average molecular weight is 276 g/mol. The van der Waals surface area contributed by atoms with Crippen LogP contribution in [0.15, 0.2) is 0 Å². The molecule has 1 heteroatoms. The summed E-state index contributed by atoms with van der Waals surface area (Å²) < 4.78 is 0. The van der Waals surface area contributed by atoms with Gasteiger partial charge in [-0.05, 0) is 30.6 Å². The fraction of sp³-hybridized carbons (Fsp3) is 0.947. The molecule has 0 radical (unpaired) electrons. The van der Waals surface area contributed by atoms with Gasteiger partial charge in [-0.2, -0.15) is 0 Å². The average Bonchev–Trinajstić information content (AvgIpc) is 2.52. The van der Waals surface area contributed by atoms with Crippen LogP contribution in [0.3, 0.4) is 0 Å². The van der Waals surface area contributed by atoms with Gasteiger partial charge in [0.25, 0.3) is 0 Å². The SMILES string of the molecule is O=C1CCCCC1C(C1CCCCC1)C1CCCCC1. The Bertz CT molecular complexity index is 292. The fourth-order valence-corrected chi connectivity index (χ4v) is 5.50. The van der Waals surface area contributed by atoms with E-state index in [0.717, 1.165) is 30.6 Å². The van der Waals surface area contributed by atoms with Crippen LogP contribution in [0.1, 0.15) is 89.9 Å². The number of ketones is 1. The molecular formula is C19H32O. The number of hydrogen-bond donors (Lipinski definition) is 0. The van der Waals surface area contributed by atoms with E-state index in [9.17, 15) is 4.79 Å². The number of rotatable bonds is 3. The predicted molar refractivity (Wildman–Crippen MR) is 83.6 cm³/mol. The van der Waals surface area contributed by atoms with Gasteiger partial charge >= 0.3 is 0 Å². The highest BCUT2D eigenvalue weighted by Gasteiger charge is 2.40. The minimum absolute atomic E-state index is 0.454. The third kappa shape index (κ3) is 3.28. The molecule has 0 amide bonds. The van der Waals surface area contributed by atoms with Crippen molar-refractivity contribution in [3.05, 3.63) is 0 Å². The van der Waals surface area contributed by atoms with Crippen molar-refractivity contribution in [2.45, 2.75) is 89.9 Å². The molecule has 3 saturated carbocycles. The lowest BCUT2D eigenvalue weighted by Crippen LogP contribution is -2.38. The number of carbonyl (C=O) groups excluding carboxylic acids is 1. The molecule has 0 N–H and O–H groups in total. The second kappa shape index (κ2) is 7.09. The maximum Gasteiger partial charge on any atom is 0.136 e. The standard InChI is InChI=1S/C19H32O/c20-18-14-8-7-13-17(18)19(15-9-3-1-4-10-15)16-11-5-2-6-12-16/h15-17,19H,1-14H2. The van der Waals surface area contributed by atoms with Gasteiger partial charge in [0.1, 0.15) is 5.78 Å². The summed E-state index contributed by atoms with van der Waals surface area (Å²) in [6.07, 6.45) is 18.8. The maximum absolute atomic E-state index is 12.5. The van der Waals surface area contributed by atoms with E-state index >= 15 is 0 Å². The first-order chi connectivity index (χ1) is 9.86. The van der Waals surface area contributed by atoms with E-state index in [1.54, 1.807) is 0 Å². The highest BCUT2D eigenvalue weighted by molar-refractivity contribution is 5.82. The van der Waals surface area contributed by atoms with Crippen molar-refractivity contribution in [2.24, 2.45) is 23.7 Å². The van der Waals surface area contributed by atoms with Crippen LogP contribution in [0.5, 0.6) is 0 Å². The molecule has 0 spiro atoms. The molecule has 20 heavy (non-hydrogen) atoms. The van der Waals surface area contributed by atoms with Gasteiger partial charge in [-0.3, -0.25) is 4.79 Å². The molecule has 0 saturated heterocycles. The molecule has 1 atom stereocenters. The van der Waals surface area contributed by atoms with Crippen molar-refractivity contribution in [2.75, 3.05) is 0 Å². The lowest BCUT2D eigenvalue weighted by molar-refractivity contribution is -0.129. The summed E-state index contributed by atoms with van der Waals surface area (Å²) in [5.41, 5.74) is 0. The second-order valence-electron chi connectivity index (χ2n) is 7.69. The van der Waals surface area contributed by atoms with Crippen molar-refractivity contribution < 1.29 is 4.79 Å². The Morgan fingerprint density at radius 3 is 1.65 bits per heavy atom. The Morgan fingerprint density at radius 2 is 1.15 bits per heavy atom. The van der Waals surface area contributed by atoms with Crippen LogP contribution in [-0.4, -0.2) is 5.78 Å². The van der Waals surface area contributed by atoms with E-state index in [-0.39, 0.29) is 0 Å².